The molecule has 0 aliphatic carbocycles. The van der Waals surface area contributed by atoms with Crippen molar-refractivity contribution >= 4 is 5.91 Å². The van der Waals surface area contributed by atoms with Gasteiger partial charge >= 0.3 is 0 Å². The van der Waals surface area contributed by atoms with Crippen molar-refractivity contribution in [1.82, 2.24) is 4.90 Å². The normalized spacial score (nSPS) is 22.9. The Morgan fingerprint density at radius 3 is 2.88 bits per heavy atom. The van der Waals surface area contributed by atoms with Crippen LogP contribution in [0.2, 0.25) is 0 Å². The SMILES string of the molecule is CC(C)C(C#N)C(=O)N1CCOCC1CO. The number of nitriles is 1. The van der Waals surface area contributed by atoms with Crippen molar-refractivity contribution < 1.29 is 14.6 Å². The lowest BCUT2D eigenvalue weighted by Crippen LogP contribution is -2.52. The van der Waals surface area contributed by atoms with Crippen LogP contribution in [0, 0.1) is 23.2 Å². The summed E-state index contributed by atoms with van der Waals surface area (Å²) < 4.78 is 5.19. The average molecular weight is 226 g/mol. The molecule has 1 aliphatic heterocycles. The molecule has 0 saturated carbocycles. The fourth-order valence-corrected chi connectivity index (χ4v) is 1.76. The van der Waals surface area contributed by atoms with Crippen molar-refractivity contribution in [3.8, 4) is 6.07 Å². The van der Waals surface area contributed by atoms with Gasteiger partial charge < -0.3 is 14.7 Å². The molecule has 16 heavy (non-hydrogen) atoms. The van der Waals surface area contributed by atoms with Crippen molar-refractivity contribution in [2.45, 2.75) is 19.9 Å². The highest BCUT2D eigenvalue weighted by atomic mass is 16.5. The Hall–Kier alpha value is -1.12. The molecule has 1 rings (SSSR count). The summed E-state index contributed by atoms with van der Waals surface area (Å²) in [6.45, 7) is 4.84. The molecular weight excluding hydrogens is 208 g/mol. The number of aliphatic hydroxyl groups excluding tert-OH is 1. The van der Waals surface area contributed by atoms with Crippen LogP contribution in [0.15, 0.2) is 0 Å². The summed E-state index contributed by atoms with van der Waals surface area (Å²) in [6, 6.07) is 1.72. The molecule has 0 spiro atoms. The summed E-state index contributed by atoms with van der Waals surface area (Å²) in [5.41, 5.74) is 0. The minimum absolute atomic E-state index is 0.0142. The smallest absolute Gasteiger partial charge is 0.240 e. The first-order valence-corrected chi connectivity index (χ1v) is 5.50. The van der Waals surface area contributed by atoms with E-state index in [4.69, 9.17) is 15.1 Å². The van der Waals surface area contributed by atoms with E-state index in [-0.39, 0.29) is 24.5 Å². The Kier molecular flexibility index (Phi) is 4.71. The highest BCUT2D eigenvalue weighted by molar-refractivity contribution is 5.81. The number of morpholine rings is 1. The van der Waals surface area contributed by atoms with Gasteiger partial charge in [-0.1, -0.05) is 13.8 Å². The minimum atomic E-state index is -0.632. The molecular formula is C11H18N2O3. The number of amides is 1. The third kappa shape index (κ3) is 2.71. The van der Waals surface area contributed by atoms with Crippen molar-refractivity contribution in [3.63, 3.8) is 0 Å². The monoisotopic (exact) mass is 226 g/mol. The highest BCUT2D eigenvalue weighted by Gasteiger charge is 2.33. The standard InChI is InChI=1S/C11H18N2O3/c1-8(2)10(5-12)11(15)13-3-4-16-7-9(13)6-14/h8-10,14H,3-4,6-7H2,1-2H3. The molecule has 0 aromatic carbocycles. The molecule has 0 aromatic heterocycles. The van der Waals surface area contributed by atoms with Gasteiger partial charge in [0.1, 0.15) is 5.92 Å². The van der Waals surface area contributed by atoms with Crippen molar-refractivity contribution in [1.29, 1.82) is 5.26 Å². The molecule has 1 amide bonds. The molecule has 0 bridgehead atoms. The second-order valence-corrected chi connectivity index (χ2v) is 4.29. The van der Waals surface area contributed by atoms with Gasteiger partial charge in [-0.2, -0.15) is 5.26 Å². The van der Waals surface area contributed by atoms with Crippen molar-refractivity contribution in [2.75, 3.05) is 26.4 Å². The van der Waals surface area contributed by atoms with E-state index in [0.717, 1.165) is 0 Å². The zero-order valence-electron chi connectivity index (χ0n) is 9.72. The van der Waals surface area contributed by atoms with Crippen LogP contribution in [-0.2, 0) is 9.53 Å². The summed E-state index contributed by atoms with van der Waals surface area (Å²) in [5.74, 6) is -0.841. The number of carbonyl (C=O) groups is 1. The fraction of sp³-hybridized carbons (Fsp3) is 0.818. The van der Waals surface area contributed by atoms with Crippen LogP contribution in [0.1, 0.15) is 13.8 Å². The molecule has 2 atom stereocenters. The third-order valence-corrected chi connectivity index (χ3v) is 2.79. The van der Waals surface area contributed by atoms with E-state index in [1.807, 2.05) is 19.9 Å². The van der Waals surface area contributed by atoms with Gasteiger partial charge in [-0.15, -0.1) is 0 Å². The van der Waals surface area contributed by atoms with E-state index in [2.05, 4.69) is 0 Å². The van der Waals surface area contributed by atoms with E-state index < -0.39 is 5.92 Å². The molecule has 1 saturated heterocycles. The van der Waals surface area contributed by atoms with Crippen molar-refractivity contribution in [2.24, 2.45) is 11.8 Å². The van der Waals surface area contributed by atoms with Gasteiger partial charge in [0, 0.05) is 6.54 Å². The largest absolute Gasteiger partial charge is 0.394 e. The van der Waals surface area contributed by atoms with E-state index >= 15 is 0 Å². The first-order chi connectivity index (χ1) is 7.61. The molecule has 90 valence electrons. The zero-order valence-corrected chi connectivity index (χ0v) is 9.72. The van der Waals surface area contributed by atoms with Crippen LogP contribution in [0.3, 0.4) is 0 Å². The molecule has 5 nitrogen and oxygen atoms in total. The summed E-state index contributed by atoms with van der Waals surface area (Å²) in [5, 5.41) is 18.1. The van der Waals surface area contributed by atoms with E-state index in [9.17, 15) is 4.79 Å². The maximum absolute atomic E-state index is 12.1. The molecule has 1 heterocycles. The first-order valence-electron chi connectivity index (χ1n) is 5.50. The van der Waals surface area contributed by atoms with Crippen LogP contribution >= 0.6 is 0 Å². The summed E-state index contributed by atoms with van der Waals surface area (Å²) in [6.07, 6.45) is 0. The summed E-state index contributed by atoms with van der Waals surface area (Å²) >= 11 is 0. The molecule has 1 N–H and O–H groups in total. The number of aliphatic hydroxyl groups is 1. The van der Waals surface area contributed by atoms with Crippen LogP contribution < -0.4 is 0 Å². The van der Waals surface area contributed by atoms with Crippen LogP contribution in [-0.4, -0.2) is 48.3 Å². The van der Waals surface area contributed by atoms with E-state index in [0.29, 0.717) is 19.8 Å². The third-order valence-electron chi connectivity index (χ3n) is 2.79. The van der Waals surface area contributed by atoms with Gasteiger partial charge in [0.05, 0.1) is 31.9 Å². The van der Waals surface area contributed by atoms with Gasteiger partial charge in [-0.05, 0) is 5.92 Å². The predicted molar refractivity (Wildman–Crippen MR) is 57.3 cm³/mol. The Morgan fingerprint density at radius 1 is 1.69 bits per heavy atom. The first kappa shape index (κ1) is 12.9. The molecule has 0 aromatic rings. The second kappa shape index (κ2) is 5.83. The quantitative estimate of drug-likeness (QED) is 0.735. The predicted octanol–water partition coefficient (Wildman–Crippen LogP) is 0.00188. The molecule has 5 heteroatoms. The Bertz CT molecular complexity index is 285. The van der Waals surface area contributed by atoms with Crippen LogP contribution in [0.4, 0.5) is 0 Å². The highest BCUT2D eigenvalue weighted by Crippen LogP contribution is 2.17. The lowest BCUT2D eigenvalue weighted by atomic mass is 9.95. The van der Waals surface area contributed by atoms with E-state index in [1.54, 1.807) is 4.90 Å². The Labute approximate surface area is 95.6 Å². The van der Waals surface area contributed by atoms with E-state index in [1.165, 1.54) is 0 Å². The number of hydrogen-bond acceptors (Lipinski definition) is 4. The maximum atomic E-state index is 12.1. The van der Waals surface area contributed by atoms with Gasteiger partial charge in [-0.25, -0.2) is 0 Å². The van der Waals surface area contributed by atoms with Gasteiger partial charge in [0.15, 0.2) is 0 Å². The topological polar surface area (TPSA) is 73.6 Å². The van der Waals surface area contributed by atoms with Crippen LogP contribution in [0.25, 0.3) is 0 Å². The Morgan fingerprint density at radius 2 is 2.38 bits per heavy atom. The fourth-order valence-electron chi connectivity index (χ4n) is 1.76. The lowest BCUT2D eigenvalue weighted by molar-refractivity contribution is -0.145. The molecule has 0 radical (unpaired) electrons. The molecule has 2 unspecified atom stereocenters. The number of hydrogen-bond donors (Lipinski definition) is 1. The van der Waals surface area contributed by atoms with Gasteiger partial charge in [0.25, 0.3) is 0 Å². The number of rotatable bonds is 3. The Balaban J connectivity index is 2.74. The van der Waals surface area contributed by atoms with Gasteiger partial charge in [-0.3, -0.25) is 4.79 Å². The average Bonchev–Trinajstić information content (AvgIpc) is 2.29. The molecule has 1 fully saturated rings. The summed E-state index contributed by atoms with van der Waals surface area (Å²) in [7, 11) is 0. The summed E-state index contributed by atoms with van der Waals surface area (Å²) in [4.78, 5) is 13.6. The van der Waals surface area contributed by atoms with Gasteiger partial charge in [0.2, 0.25) is 5.91 Å². The number of nitrogens with zero attached hydrogens (tertiary/aromatic N) is 2. The number of ether oxygens (including phenoxy) is 1. The number of carbonyl (C=O) groups excluding carboxylic acids is 1. The van der Waals surface area contributed by atoms with Crippen LogP contribution in [0.5, 0.6) is 0 Å². The zero-order chi connectivity index (χ0) is 12.1. The lowest BCUT2D eigenvalue weighted by Gasteiger charge is -2.36. The second-order valence-electron chi connectivity index (χ2n) is 4.29. The maximum Gasteiger partial charge on any atom is 0.240 e. The minimum Gasteiger partial charge on any atom is -0.394 e. The van der Waals surface area contributed by atoms with Crippen molar-refractivity contribution in [3.05, 3.63) is 0 Å². The molecule has 1 aliphatic rings.